The van der Waals surface area contributed by atoms with Gasteiger partial charge in [0.15, 0.2) is 18.9 Å². The standard InChI is InChI=1S/C80H149NO18/c1-3-5-7-9-11-13-15-17-18-19-20-21-22-23-24-25-26-27-28-29-30-31-32-33-34-35-36-37-38-39-40-41-42-43-44-46-48-50-52-54-56-58-68(86)81-63(64(85)57-55-53-51-49-47-45-16-14-12-10-8-6-4-2)62-94-78-74(92)71(89)76(66(60-83)96-78)99-80-75(93)72(90)77(67(61-84)97-80)98-79-73(91)70(88)69(87)65(59-82)95-79/h12,14,47,49,55,57,63-67,69-80,82-85,87-93H,3-11,13,15-46,48,50-54,56,58-62H2,1-2H3,(H,81,86)/b14-12+,49-47+,57-55+. The quantitative estimate of drug-likeness (QED) is 0.0199. The Morgan fingerprint density at radius 2 is 0.646 bits per heavy atom. The Morgan fingerprint density at radius 1 is 0.354 bits per heavy atom. The Kier molecular flexibility index (Phi) is 56.4. The second-order valence-corrected chi connectivity index (χ2v) is 29.2. The van der Waals surface area contributed by atoms with Gasteiger partial charge in [-0.05, 0) is 44.9 Å². The number of ether oxygens (including phenoxy) is 6. The van der Waals surface area contributed by atoms with Gasteiger partial charge in [0.05, 0.1) is 38.6 Å². The van der Waals surface area contributed by atoms with Crippen LogP contribution in [0, 0.1) is 0 Å². The third kappa shape index (κ3) is 41.5. The Morgan fingerprint density at radius 3 is 1.01 bits per heavy atom. The average molecular weight is 1410 g/mol. The zero-order valence-corrected chi connectivity index (χ0v) is 62.2. The molecule has 0 bridgehead atoms. The first-order chi connectivity index (χ1) is 48.3. The highest BCUT2D eigenvalue weighted by Crippen LogP contribution is 2.33. The van der Waals surface area contributed by atoms with Crippen molar-refractivity contribution >= 4 is 5.91 Å². The molecular weight excluding hydrogens is 1260 g/mol. The summed E-state index contributed by atoms with van der Waals surface area (Å²) in [5.41, 5.74) is 0. The summed E-state index contributed by atoms with van der Waals surface area (Å²) in [4.78, 5) is 13.4. The Labute approximate surface area is 600 Å². The van der Waals surface area contributed by atoms with Crippen molar-refractivity contribution < 1.29 is 89.4 Å². The normalized spacial score (nSPS) is 26.7. The topological polar surface area (TPSA) is 307 Å². The first-order valence-electron chi connectivity index (χ1n) is 40.7. The number of aliphatic hydroxyl groups excluding tert-OH is 11. The van der Waals surface area contributed by atoms with Crippen LogP contribution in [0.25, 0.3) is 0 Å². The second kappa shape index (κ2) is 61.2. The molecule has 17 atom stereocenters. The molecule has 0 aromatic carbocycles. The summed E-state index contributed by atoms with van der Waals surface area (Å²) in [6, 6.07) is -0.994. The molecule has 12 N–H and O–H groups in total. The highest BCUT2D eigenvalue weighted by atomic mass is 16.8. The first-order valence-corrected chi connectivity index (χ1v) is 40.7. The van der Waals surface area contributed by atoms with E-state index in [1.165, 1.54) is 257 Å². The number of carbonyl (C=O) groups is 1. The minimum Gasteiger partial charge on any atom is -0.394 e. The Balaban J connectivity index is 1.26. The molecule has 3 saturated heterocycles. The van der Waals surface area contributed by atoms with Gasteiger partial charge >= 0.3 is 0 Å². The largest absolute Gasteiger partial charge is 0.394 e. The number of hydrogen-bond donors (Lipinski definition) is 12. The van der Waals surface area contributed by atoms with Crippen molar-refractivity contribution in [2.24, 2.45) is 0 Å². The average Bonchev–Trinajstić information content (AvgIpc) is 0.784. The summed E-state index contributed by atoms with van der Waals surface area (Å²) in [6.07, 6.45) is 49.2. The van der Waals surface area contributed by atoms with Crippen LogP contribution in [0.1, 0.15) is 335 Å². The number of aliphatic hydroxyl groups is 11. The molecule has 0 spiro atoms. The van der Waals surface area contributed by atoms with E-state index in [9.17, 15) is 61.0 Å². The Bertz CT molecular complexity index is 1930. The molecule has 3 aliphatic heterocycles. The van der Waals surface area contributed by atoms with Gasteiger partial charge in [-0.1, -0.05) is 320 Å². The number of unbranched alkanes of at least 4 members (excludes halogenated alkanes) is 45. The van der Waals surface area contributed by atoms with Gasteiger partial charge in [-0.15, -0.1) is 0 Å². The summed E-state index contributed by atoms with van der Waals surface area (Å²) in [5, 5.41) is 121. The van der Waals surface area contributed by atoms with Crippen LogP contribution in [0.2, 0.25) is 0 Å². The molecule has 99 heavy (non-hydrogen) atoms. The van der Waals surface area contributed by atoms with Crippen molar-refractivity contribution in [1.82, 2.24) is 5.32 Å². The highest BCUT2D eigenvalue weighted by Gasteiger charge is 2.54. The van der Waals surface area contributed by atoms with Gasteiger partial charge in [0, 0.05) is 6.42 Å². The third-order valence-electron chi connectivity index (χ3n) is 20.4. The highest BCUT2D eigenvalue weighted by molar-refractivity contribution is 5.76. The summed E-state index contributed by atoms with van der Waals surface area (Å²) in [7, 11) is 0. The van der Waals surface area contributed by atoms with Crippen molar-refractivity contribution in [1.29, 1.82) is 0 Å². The smallest absolute Gasteiger partial charge is 0.220 e. The minimum absolute atomic E-state index is 0.236. The summed E-state index contributed by atoms with van der Waals surface area (Å²) in [5.74, 6) is -0.285. The number of nitrogens with one attached hydrogen (secondary N) is 1. The van der Waals surface area contributed by atoms with Gasteiger partial charge in [-0.2, -0.15) is 0 Å². The molecule has 0 aromatic rings. The molecule has 0 saturated carbocycles. The van der Waals surface area contributed by atoms with Crippen LogP contribution < -0.4 is 5.32 Å². The molecule has 19 heteroatoms. The van der Waals surface area contributed by atoms with E-state index in [1.54, 1.807) is 6.08 Å². The van der Waals surface area contributed by atoms with E-state index in [-0.39, 0.29) is 18.9 Å². The van der Waals surface area contributed by atoms with Crippen molar-refractivity contribution in [3.05, 3.63) is 36.5 Å². The predicted octanol–water partition coefficient (Wildman–Crippen LogP) is 13.5. The number of amides is 1. The van der Waals surface area contributed by atoms with E-state index in [2.05, 4.69) is 43.5 Å². The van der Waals surface area contributed by atoms with Crippen molar-refractivity contribution in [2.45, 2.75) is 439 Å². The lowest BCUT2D eigenvalue weighted by Gasteiger charge is -2.48. The fourth-order valence-corrected chi connectivity index (χ4v) is 13.9. The van der Waals surface area contributed by atoms with Crippen LogP contribution in [-0.4, -0.2) is 193 Å². The summed E-state index contributed by atoms with van der Waals surface area (Å²) >= 11 is 0. The zero-order chi connectivity index (χ0) is 71.8. The van der Waals surface area contributed by atoms with E-state index < -0.39 is 124 Å². The molecular formula is C80H149NO18. The van der Waals surface area contributed by atoms with E-state index in [4.69, 9.17) is 28.4 Å². The summed E-state index contributed by atoms with van der Waals surface area (Å²) in [6.45, 7) is 1.70. The van der Waals surface area contributed by atoms with Crippen LogP contribution in [-0.2, 0) is 33.2 Å². The number of carbonyl (C=O) groups excluding carboxylic acids is 1. The fourth-order valence-electron chi connectivity index (χ4n) is 13.9. The monoisotopic (exact) mass is 1410 g/mol. The molecule has 1 amide bonds. The fraction of sp³-hybridized carbons (Fsp3) is 0.912. The molecule has 3 aliphatic rings. The van der Waals surface area contributed by atoms with E-state index in [1.807, 2.05) is 6.08 Å². The maximum Gasteiger partial charge on any atom is 0.220 e. The Hall–Kier alpha value is -1.99. The summed E-state index contributed by atoms with van der Waals surface area (Å²) < 4.78 is 34.3. The molecule has 17 unspecified atom stereocenters. The lowest BCUT2D eigenvalue weighted by molar-refractivity contribution is -0.379. The van der Waals surface area contributed by atoms with Gasteiger partial charge in [-0.25, -0.2) is 0 Å². The molecule has 3 fully saturated rings. The van der Waals surface area contributed by atoms with Gasteiger partial charge in [0.1, 0.15) is 73.2 Å². The van der Waals surface area contributed by atoms with Crippen molar-refractivity contribution in [2.75, 3.05) is 26.4 Å². The van der Waals surface area contributed by atoms with Crippen LogP contribution >= 0.6 is 0 Å². The van der Waals surface area contributed by atoms with E-state index in [0.717, 1.165) is 44.9 Å². The van der Waals surface area contributed by atoms with E-state index in [0.29, 0.717) is 12.8 Å². The maximum absolute atomic E-state index is 13.4. The van der Waals surface area contributed by atoms with Crippen molar-refractivity contribution in [3.63, 3.8) is 0 Å². The van der Waals surface area contributed by atoms with Crippen LogP contribution in [0.15, 0.2) is 36.5 Å². The van der Waals surface area contributed by atoms with Gasteiger partial charge < -0.3 is 89.9 Å². The van der Waals surface area contributed by atoms with Gasteiger partial charge in [0.2, 0.25) is 5.91 Å². The molecule has 582 valence electrons. The molecule has 19 nitrogen and oxygen atoms in total. The first kappa shape index (κ1) is 91.2. The van der Waals surface area contributed by atoms with Crippen LogP contribution in [0.4, 0.5) is 0 Å². The lowest BCUT2D eigenvalue weighted by atomic mass is 9.96. The number of allylic oxidation sites excluding steroid dienone is 5. The number of rotatable bonds is 65. The van der Waals surface area contributed by atoms with Gasteiger partial charge in [-0.3, -0.25) is 4.79 Å². The molecule has 0 aromatic heterocycles. The number of hydrogen-bond acceptors (Lipinski definition) is 18. The molecule has 0 aliphatic carbocycles. The molecule has 3 heterocycles. The minimum atomic E-state index is -1.98. The third-order valence-corrected chi connectivity index (χ3v) is 20.4. The second-order valence-electron chi connectivity index (χ2n) is 29.2. The van der Waals surface area contributed by atoms with E-state index >= 15 is 0 Å². The maximum atomic E-state index is 13.4. The zero-order valence-electron chi connectivity index (χ0n) is 62.2. The molecule has 0 radical (unpaired) electrons. The van der Waals surface area contributed by atoms with Gasteiger partial charge in [0.25, 0.3) is 0 Å². The molecule has 3 rings (SSSR count). The lowest BCUT2D eigenvalue weighted by Crippen LogP contribution is -2.66. The van der Waals surface area contributed by atoms with Crippen molar-refractivity contribution in [3.8, 4) is 0 Å². The van der Waals surface area contributed by atoms with Crippen LogP contribution in [0.5, 0.6) is 0 Å². The van der Waals surface area contributed by atoms with Crippen LogP contribution in [0.3, 0.4) is 0 Å². The predicted molar refractivity (Wildman–Crippen MR) is 393 cm³/mol. The SMILES string of the molecule is CCCCC/C=C/CC/C=C/CC/C=C/C(O)C(COC1OC(CO)C(OC2OC(CO)C(OC3OC(CO)C(O)C(O)C3O)C(O)C2O)C(O)C1O)NC(=O)CCCCCCCCCCCCCCCCCCCCCCCCCCCCCCCCCCCCCCCCCCC.